The fraction of sp³-hybridized carbons (Fsp3) is 1.00. The number of piperidine rings is 1. The summed E-state index contributed by atoms with van der Waals surface area (Å²) in [6, 6.07) is 0. The summed E-state index contributed by atoms with van der Waals surface area (Å²) in [6.07, 6.45) is 6.94. The van der Waals surface area contributed by atoms with Crippen LogP contribution in [0.3, 0.4) is 0 Å². The van der Waals surface area contributed by atoms with E-state index in [-0.39, 0.29) is 5.41 Å². The first-order chi connectivity index (χ1) is 12.6. The van der Waals surface area contributed by atoms with Crippen molar-refractivity contribution in [3.8, 4) is 0 Å². The van der Waals surface area contributed by atoms with Crippen LogP contribution >= 0.6 is 0 Å². The first-order valence-corrected chi connectivity index (χ1v) is 10.5. The molecule has 3 saturated carbocycles. The monoisotopic (exact) mass is 367 g/mol. The zero-order valence-electron chi connectivity index (χ0n) is 17.0. The third kappa shape index (κ3) is 3.04. The molecule has 0 aromatic carbocycles. The molecule has 0 unspecified atom stereocenters. The van der Waals surface area contributed by atoms with Gasteiger partial charge in [0, 0.05) is 26.2 Å². The molecule has 5 heteroatoms. The van der Waals surface area contributed by atoms with Crippen LogP contribution in [0.15, 0.2) is 0 Å². The lowest BCUT2D eigenvalue weighted by Crippen LogP contribution is -2.49. The molecule has 0 radical (unpaired) electrons. The van der Waals surface area contributed by atoms with E-state index in [1.807, 2.05) is 0 Å². The lowest BCUT2D eigenvalue weighted by Gasteiger charge is -2.48. The second kappa shape index (κ2) is 7.67. The number of ether oxygens (including phenoxy) is 4. The molecule has 5 nitrogen and oxygen atoms in total. The van der Waals surface area contributed by atoms with Gasteiger partial charge in [0.2, 0.25) is 0 Å². The van der Waals surface area contributed by atoms with Gasteiger partial charge in [-0.2, -0.15) is 0 Å². The molecule has 150 valence electrons. The Morgan fingerprint density at radius 2 is 1.81 bits per heavy atom. The second-order valence-corrected chi connectivity index (χ2v) is 9.50. The average Bonchev–Trinajstić information content (AvgIpc) is 3.09. The number of nitrogens with zero attached hydrogens (tertiary/aromatic N) is 1. The molecule has 1 aliphatic heterocycles. The Hall–Kier alpha value is -0.200. The number of hydrogen-bond acceptors (Lipinski definition) is 5. The highest BCUT2D eigenvalue weighted by atomic mass is 16.7. The minimum atomic E-state index is 0.282. The topological polar surface area (TPSA) is 40.2 Å². The quantitative estimate of drug-likeness (QED) is 0.675. The molecular formula is C21H37NO4. The van der Waals surface area contributed by atoms with E-state index >= 15 is 0 Å². The molecule has 0 aromatic rings. The van der Waals surface area contributed by atoms with E-state index in [0.717, 1.165) is 23.7 Å². The summed E-state index contributed by atoms with van der Waals surface area (Å²) >= 11 is 0. The van der Waals surface area contributed by atoms with Gasteiger partial charge in [0.05, 0.1) is 12.2 Å². The highest BCUT2D eigenvalue weighted by molar-refractivity contribution is 5.17. The Morgan fingerprint density at radius 3 is 2.58 bits per heavy atom. The van der Waals surface area contributed by atoms with Gasteiger partial charge >= 0.3 is 0 Å². The van der Waals surface area contributed by atoms with E-state index in [1.165, 1.54) is 45.2 Å². The van der Waals surface area contributed by atoms with Crippen LogP contribution < -0.4 is 0 Å². The van der Waals surface area contributed by atoms with Gasteiger partial charge in [0.25, 0.3) is 0 Å². The minimum absolute atomic E-state index is 0.282. The van der Waals surface area contributed by atoms with Gasteiger partial charge in [-0.25, -0.2) is 0 Å². The van der Waals surface area contributed by atoms with Crippen molar-refractivity contribution in [1.29, 1.82) is 0 Å². The maximum absolute atomic E-state index is 6.38. The maximum Gasteiger partial charge on any atom is 0.146 e. The zero-order chi connectivity index (χ0) is 18.3. The number of hydrogen-bond donors (Lipinski definition) is 0. The molecular weight excluding hydrogens is 330 g/mol. The van der Waals surface area contributed by atoms with Gasteiger partial charge in [0.15, 0.2) is 0 Å². The van der Waals surface area contributed by atoms with Crippen molar-refractivity contribution in [2.24, 2.45) is 35.0 Å². The van der Waals surface area contributed by atoms with Crippen molar-refractivity contribution in [1.82, 2.24) is 4.90 Å². The van der Waals surface area contributed by atoms with Crippen molar-refractivity contribution >= 4 is 0 Å². The zero-order valence-corrected chi connectivity index (χ0v) is 17.0. The first-order valence-electron chi connectivity index (χ1n) is 10.5. The van der Waals surface area contributed by atoms with Crippen LogP contribution in [-0.2, 0) is 18.9 Å². The van der Waals surface area contributed by atoms with Crippen molar-refractivity contribution in [2.75, 3.05) is 47.9 Å². The van der Waals surface area contributed by atoms with Crippen molar-refractivity contribution in [2.45, 2.75) is 51.2 Å². The van der Waals surface area contributed by atoms with Gasteiger partial charge < -0.3 is 23.8 Å². The Labute approximate surface area is 158 Å². The number of likely N-dealkylation sites (tertiary alicyclic amines) is 1. The van der Waals surface area contributed by atoms with Crippen LogP contribution in [0.2, 0.25) is 0 Å². The van der Waals surface area contributed by atoms with E-state index in [0.29, 0.717) is 31.7 Å². The lowest BCUT2D eigenvalue weighted by molar-refractivity contribution is -0.169. The van der Waals surface area contributed by atoms with Gasteiger partial charge in [-0.05, 0) is 75.3 Å². The molecule has 3 aliphatic carbocycles. The van der Waals surface area contributed by atoms with Crippen LogP contribution in [0.1, 0.15) is 39.0 Å². The Kier molecular flexibility index (Phi) is 5.64. The minimum Gasteiger partial charge on any atom is -0.359 e. The van der Waals surface area contributed by atoms with Gasteiger partial charge in [0.1, 0.15) is 13.6 Å². The van der Waals surface area contributed by atoms with Crippen molar-refractivity contribution in [3.05, 3.63) is 0 Å². The Balaban J connectivity index is 1.66. The summed E-state index contributed by atoms with van der Waals surface area (Å²) in [4.78, 5) is 2.52. The van der Waals surface area contributed by atoms with E-state index in [1.54, 1.807) is 14.2 Å². The molecule has 0 bridgehead atoms. The molecule has 4 rings (SSSR count). The third-order valence-electron chi connectivity index (χ3n) is 8.06. The van der Waals surface area contributed by atoms with Crippen LogP contribution in [-0.4, -0.2) is 65.1 Å². The third-order valence-corrected chi connectivity index (χ3v) is 8.06. The van der Waals surface area contributed by atoms with Gasteiger partial charge in [-0.15, -0.1) is 0 Å². The molecule has 1 saturated heterocycles. The van der Waals surface area contributed by atoms with E-state index in [4.69, 9.17) is 18.9 Å². The molecule has 0 N–H and O–H groups in total. The van der Waals surface area contributed by atoms with Crippen LogP contribution in [0, 0.1) is 35.0 Å². The highest BCUT2D eigenvalue weighted by Gasteiger charge is 2.68. The molecule has 1 heterocycles. The smallest absolute Gasteiger partial charge is 0.146 e. The number of fused-ring (bicyclic) bond motifs is 2. The molecule has 26 heavy (non-hydrogen) atoms. The fourth-order valence-corrected chi connectivity index (χ4v) is 7.41. The van der Waals surface area contributed by atoms with Crippen LogP contribution in [0.4, 0.5) is 0 Å². The predicted octanol–water partition coefficient (Wildman–Crippen LogP) is 2.99. The summed E-state index contributed by atoms with van der Waals surface area (Å²) in [7, 11) is 5.75. The summed E-state index contributed by atoms with van der Waals surface area (Å²) in [6.45, 7) is 5.68. The van der Waals surface area contributed by atoms with Crippen LogP contribution in [0.25, 0.3) is 0 Å². The van der Waals surface area contributed by atoms with Gasteiger partial charge in [-0.3, -0.25) is 0 Å². The largest absolute Gasteiger partial charge is 0.359 e. The number of rotatable bonds is 6. The van der Waals surface area contributed by atoms with Crippen molar-refractivity contribution in [3.63, 3.8) is 0 Å². The lowest BCUT2D eigenvalue weighted by atomic mass is 9.60. The standard InChI is InChI=1S/C21H37NO4/c1-14-7-16-9-18(25-12-23-3)20-17-5-6-22(2)11-15(17)10-21(16,20)19(8-14)26-13-24-4/h14-20H,5-13H2,1-4H3/t14-,15-,16+,17+,18+,19-,20+,21-/m1/s1. The molecule has 4 aliphatic rings. The van der Waals surface area contributed by atoms with Gasteiger partial charge in [-0.1, -0.05) is 6.92 Å². The molecule has 1 spiro atoms. The highest BCUT2D eigenvalue weighted by Crippen LogP contribution is 2.69. The SMILES string of the molecule is COCO[C@H]1C[C@@H]2C[C@@H](C)C[C@@H](OCOC)[C@@]23C[C@@H]2CN(C)CC[C@@H]2[C@@H]13. The summed E-state index contributed by atoms with van der Waals surface area (Å²) in [5.74, 6) is 3.63. The fourth-order valence-electron chi connectivity index (χ4n) is 7.41. The normalized spacial score (nSPS) is 48.2. The summed E-state index contributed by atoms with van der Waals surface area (Å²) < 4.78 is 23.3. The molecule has 0 amide bonds. The Bertz CT molecular complexity index is 489. The van der Waals surface area contributed by atoms with Crippen LogP contribution in [0.5, 0.6) is 0 Å². The van der Waals surface area contributed by atoms with E-state index < -0.39 is 0 Å². The van der Waals surface area contributed by atoms with E-state index in [2.05, 4.69) is 18.9 Å². The maximum atomic E-state index is 6.38. The average molecular weight is 368 g/mol. The van der Waals surface area contributed by atoms with Crippen molar-refractivity contribution < 1.29 is 18.9 Å². The first kappa shape index (κ1) is 19.1. The molecule has 0 aromatic heterocycles. The predicted molar refractivity (Wildman–Crippen MR) is 99.6 cm³/mol. The second-order valence-electron chi connectivity index (χ2n) is 9.50. The Morgan fingerprint density at radius 1 is 1.04 bits per heavy atom. The summed E-state index contributed by atoms with van der Waals surface area (Å²) in [5.41, 5.74) is 0.282. The van der Waals surface area contributed by atoms with E-state index in [9.17, 15) is 0 Å². The number of methoxy groups -OCH3 is 2. The summed E-state index contributed by atoms with van der Waals surface area (Å²) in [5, 5.41) is 0. The molecule has 4 fully saturated rings. The molecule has 8 atom stereocenters.